The van der Waals surface area contributed by atoms with Crippen molar-refractivity contribution in [3.05, 3.63) is 0 Å². The first-order valence-corrected chi connectivity index (χ1v) is 7.92. The zero-order valence-electron chi connectivity index (χ0n) is 12.6. The van der Waals surface area contributed by atoms with Crippen LogP contribution < -0.4 is 0 Å². The summed E-state index contributed by atoms with van der Waals surface area (Å²) < 4.78 is 18.8. The van der Waals surface area contributed by atoms with Gasteiger partial charge in [0.1, 0.15) is 5.60 Å². The molecule has 0 unspecified atom stereocenters. The zero-order valence-corrected chi connectivity index (χ0v) is 12.6. The minimum atomic E-state index is -0.750. The highest BCUT2D eigenvalue weighted by atomic mass is 16.6. The number of rotatable bonds is 1. The summed E-state index contributed by atoms with van der Waals surface area (Å²) in [7, 11) is 1.74. The van der Waals surface area contributed by atoms with Gasteiger partial charge in [0, 0.05) is 25.4 Å². The second-order valence-electron chi connectivity index (χ2n) is 8.52. The smallest absolute Gasteiger partial charge is 0.103 e. The highest BCUT2D eigenvalue weighted by Crippen LogP contribution is 2.75. The molecule has 6 aliphatic rings. The molecule has 4 heterocycles. The summed E-state index contributed by atoms with van der Waals surface area (Å²) in [5, 5.41) is 11.0. The molecule has 0 amide bonds. The van der Waals surface area contributed by atoms with Gasteiger partial charge >= 0.3 is 0 Å². The van der Waals surface area contributed by atoms with Crippen molar-refractivity contribution in [2.75, 3.05) is 7.11 Å². The molecule has 2 aliphatic carbocycles. The van der Waals surface area contributed by atoms with Crippen molar-refractivity contribution in [2.24, 2.45) is 23.2 Å². The third-order valence-electron chi connectivity index (χ3n) is 7.31. The molecular formula is C16H24O4. The van der Waals surface area contributed by atoms with Crippen molar-refractivity contribution in [3.8, 4) is 0 Å². The van der Waals surface area contributed by atoms with Gasteiger partial charge in [-0.15, -0.1) is 0 Å². The van der Waals surface area contributed by atoms with Gasteiger partial charge in [0.2, 0.25) is 0 Å². The minimum absolute atomic E-state index is 0.0163. The lowest BCUT2D eigenvalue weighted by molar-refractivity contribution is -0.301. The van der Waals surface area contributed by atoms with Gasteiger partial charge in [-0.3, -0.25) is 0 Å². The maximum absolute atomic E-state index is 11.0. The maximum Gasteiger partial charge on any atom is 0.103 e. The average Bonchev–Trinajstić information content (AvgIpc) is 2.63. The van der Waals surface area contributed by atoms with E-state index in [1.807, 2.05) is 6.92 Å². The molecule has 0 radical (unpaired) electrons. The van der Waals surface area contributed by atoms with E-state index in [2.05, 4.69) is 13.8 Å². The van der Waals surface area contributed by atoms with Crippen LogP contribution in [0.3, 0.4) is 0 Å². The Hall–Kier alpha value is -0.160. The van der Waals surface area contributed by atoms with Crippen molar-refractivity contribution >= 4 is 0 Å². The summed E-state index contributed by atoms with van der Waals surface area (Å²) in [6.07, 6.45) is 2.12. The van der Waals surface area contributed by atoms with Crippen LogP contribution in [0.25, 0.3) is 0 Å². The van der Waals surface area contributed by atoms with E-state index in [1.165, 1.54) is 6.42 Å². The molecule has 1 N–H and O–H groups in total. The first kappa shape index (κ1) is 12.4. The van der Waals surface area contributed by atoms with Gasteiger partial charge in [0.25, 0.3) is 0 Å². The van der Waals surface area contributed by atoms with Crippen LogP contribution in [0, 0.1) is 23.2 Å². The van der Waals surface area contributed by atoms with E-state index in [9.17, 15) is 5.11 Å². The summed E-state index contributed by atoms with van der Waals surface area (Å²) >= 11 is 0. The number of fused-ring (bicyclic) bond motifs is 1. The third-order valence-corrected chi connectivity index (χ3v) is 7.31. The van der Waals surface area contributed by atoms with Crippen LogP contribution in [0.2, 0.25) is 0 Å². The molecule has 0 aromatic carbocycles. The normalized spacial score (nSPS) is 68.0. The minimum Gasteiger partial charge on any atom is -0.390 e. The molecule has 4 nitrogen and oxygen atoms in total. The zero-order chi connectivity index (χ0) is 14.1. The Balaban J connectivity index is 1.71. The van der Waals surface area contributed by atoms with Crippen LogP contribution in [0.4, 0.5) is 0 Å². The molecule has 0 aromatic rings. The van der Waals surface area contributed by atoms with E-state index in [-0.39, 0.29) is 41.3 Å². The van der Waals surface area contributed by atoms with Crippen molar-refractivity contribution in [1.82, 2.24) is 0 Å². The lowest BCUT2D eigenvalue weighted by Gasteiger charge is -2.64. The Kier molecular flexibility index (Phi) is 1.93. The monoisotopic (exact) mass is 280 g/mol. The summed E-state index contributed by atoms with van der Waals surface area (Å²) in [4.78, 5) is 0. The Labute approximate surface area is 119 Å². The number of ether oxygens (including phenoxy) is 3. The topological polar surface area (TPSA) is 47.9 Å². The Morgan fingerprint density at radius 2 is 1.90 bits per heavy atom. The highest BCUT2D eigenvalue weighted by molar-refractivity contribution is 5.31. The fourth-order valence-electron chi connectivity index (χ4n) is 6.68. The SMILES string of the molecule is CO[C@H]1[C@H]2O[C@H]3C[C@](C)(O)[C@H]1[C@@H]1O[C@@]34[C@@H](CC4(C)C)[C@H]21. The van der Waals surface area contributed by atoms with Gasteiger partial charge in [-0.25, -0.2) is 0 Å². The second-order valence-corrected chi connectivity index (χ2v) is 8.52. The van der Waals surface area contributed by atoms with Gasteiger partial charge in [0.05, 0.1) is 30.0 Å². The summed E-state index contributed by atoms with van der Waals surface area (Å²) in [5.41, 5.74) is -0.749. The second kappa shape index (κ2) is 3.12. The fraction of sp³-hybridized carbons (Fsp3) is 1.00. The molecule has 6 rings (SSSR count). The van der Waals surface area contributed by atoms with Gasteiger partial charge < -0.3 is 19.3 Å². The highest BCUT2D eigenvalue weighted by Gasteiger charge is 2.83. The predicted octanol–water partition coefficient (Wildman–Crippen LogP) is 1.35. The van der Waals surface area contributed by atoms with Crippen molar-refractivity contribution in [1.29, 1.82) is 0 Å². The van der Waals surface area contributed by atoms with Crippen molar-refractivity contribution in [2.45, 2.75) is 69.2 Å². The van der Waals surface area contributed by atoms with Gasteiger partial charge in [0.15, 0.2) is 0 Å². The molecule has 112 valence electrons. The molecule has 0 aromatic heterocycles. The average molecular weight is 280 g/mol. The number of hydrogen-bond donors (Lipinski definition) is 1. The van der Waals surface area contributed by atoms with Crippen molar-refractivity contribution < 1.29 is 19.3 Å². The molecule has 4 heteroatoms. The van der Waals surface area contributed by atoms with Gasteiger partial charge in [-0.05, 0) is 24.7 Å². The molecule has 20 heavy (non-hydrogen) atoms. The first-order chi connectivity index (χ1) is 9.33. The van der Waals surface area contributed by atoms with Crippen LogP contribution >= 0.6 is 0 Å². The number of methoxy groups -OCH3 is 1. The quantitative estimate of drug-likeness (QED) is 0.788. The third kappa shape index (κ3) is 0.980. The van der Waals surface area contributed by atoms with Crippen LogP contribution in [0.1, 0.15) is 33.6 Å². The van der Waals surface area contributed by atoms with E-state index in [4.69, 9.17) is 14.2 Å². The largest absolute Gasteiger partial charge is 0.390 e. The molecule has 9 atom stereocenters. The van der Waals surface area contributed by atoms with Crippen LogP contribution in [0.15, 0.2) is 0 Å². The summed E-state index contributed by atoms with van der Waals surface area (Å²) in [6.45, 7) is 6.54. The number of hydrogen-bond acceptors (Lipinski definition) is 4. The molecule has 4 aliphatic heterocycles. The fourth-order valence-corrected chi connectivity index (χ4v) is 6.68. The molecule has 4 saturated heterocycles. The molecule has 6 bridgehead atoms. The molecule has 2 saturated carbocycles. The van der Waals surface area contributed by atoms with Crippen LogP contribution in [-0.2, 0) is 14.2 Å². The first-order valence-electron chi connectivity index (χ1n) is 7.92. The van der Waals surface area contributed by atoms with Gasteiger partial charge in [-0.1, -0.05) is 13.8 Å². The Morgan fingerprint density at radius 1 is 1.15 bits per heavy atom. The van der Waals surface area contributed by atoms with E-state index in [0.717, 1.165) is 0 Å². The standard InChI is InChI=1S/C16H24O4/c1-14(2)5-7-9-11-10-13(18-4)12(9)19-8(6-15(10,3)17)16(7,14)20-11/h7-13,17H,5-6H2,1-4H3/t7-,8-,9-,10-,11+,12-,13+,15-,16-/m0/s1. The van der Waals surface area contributed by atoms with E-state index in [0.29, 0.717) is 18.3 Å². The van der Waals surface area contributed by atoms with E-state index < -0.39 is 5.60 Å². The Bertz CT molecular complexity index is 487. The summed E-state index contributed by atoms with van der Waals surface area (Å²) in [6, 6.07) is 0. The van der Waals surface area contributed by atoms with Gasteiger partial charge in [-0.2, -0.15) is 0 Å². The van der Waals surface area contributed by atoms with Crippen molar-refractivity contribution in [3.63, 3.8) is 0 Å². The lowest BCUT2D eigenvalue weighted by atomic mass is 9.46. The molecule has 6 fully saturated rings. The molecular weight excluding hydrogens is 256 g/mol. The summed E-state index contributed by atoms with van der Waals surface area (Å²) in [5.74, 6) is 1.07. The predicted molar refractivity (Wildman–Crippen MR) is 71.2 cm³/mol. The van der Waals surface area contributed by atoms with E-state index in [1.54, 1.807) is 7.11 Å². The van der Waals surface area contributed by atoms with Crippen LogP contribution in [0.5, 0.6) is 0 Å². The maximum atomic E-state index is 11.0. The Morgan fingerprint density at radius 3 is 2.55 bits per heavy atom. The van der Waals surface area contributed by atoms with Crippen LogP contribution in [-0.4, -0.2) is 47.8 Å². The number of aliphatic hydroxyl groups is 1. The molecule has 1 spiro atoms. The lowest BCUT2D eigenvalue weighted by Crippen LogP contribution is -2.71. The van der Waals surface area contributed by atoms with E-state index >= 15 is 0 Å².